The van der Waals surface area contributed by atoms with Crippen molar-refractivity contribution >= 4 is 29.4 Å². The summed E-state index contributed by atoms with van der Waals surface area (Å²) in [4.78, 5) is 14.5. The molecule has 138 valence electrons. The van der Waals surface area contributed by atoms with Crippen molar-refractivity contribution in [2.75, 3.05) is 5.32 Å². The average Bonchev–Trinajstić information content (AvgIpc) is 2.71. The number of benzene rings is 3. The summed E-state index contributed by atoms with van der Waals surface area (Å²) in [6, 6.07) is 23.2. The van der Waals surface area contributed by atoms with Gasteiger partial charge in [0, 0.05) is 15.5 Å². The molecule has 3 nitrogen and oxygen atoms in total. The van der Waals surface area contributed by atoms with Crippen LogP contribution in [0.1, 0.15) is 11.1 Å². The highest BCUT2D eigenvalue weighted by Gasteiger charge is 2.09. The molecule has 1 amide bonds. The minimum absolute atomic E-state index is 0.0248. The number of carbonyl (C=O) groups is 1. The first-order valence-electron chi connectivity index (χ1n) is 8.57. The number of nitrogens with zero attached hydrogens (tertiary/aromatic N) is 1. The molecule has 3 aromatic carbocycles. The van der Waals surface area contributed by atoms with Gasteiger partial charge in [0.15, 0.2) is 0 Å². The predicted octanol–water partition coefficient (Wildman–Crippen LogP) is 5.83. The van der Waals surface area contributed by atoms with Crippen LogP contribution in [0.25, 0.3) is 6.08 Å². The summed E-state index contributed by atoms with van der Waals surface area (Å²) in [6.07, 6.45) is 1.53. The third-order valence-corrected chi connectivity index (χ3v) is 4.93. The maximum absolute atomic E-state index is 12.9. The van der Waals surface area contributed by atoms with Crippen LogP contribution in [0.15, 0.2) is 88.2 Å². The van der Waals surface area contributed by atoms with Crippen molar-refractivity contribution in [2.24, 2.45) is 0 Å². The molecular formula is C23H17FN2OS. The quantitative estimate of drug-likeness (QED) is 0.442. The number of anilines is 1. The Morgan fingerprint density at radius 2 is 1.54 bits per heavy atom. The number of hydrogen-bond acceptors (Lipinski definition) is 3. The van der Waals surface area contributed by atoms with Gasteiger partial charge in [0.2, 0.25) is 0 Å². The van der Waals surface area contributed by atoms with Gasteiger partial charge >= 0.3 is 0 Å². The van der Waals surface area contributed by atoms with E-state index >= 15 is 0 Å². The topological polar surface area (TPSA) is 52.9 Å². The largest absolute Gasteiger partial charge is 0.321 e. The van der Waals surface area contributed by atoms with Gasteiger partial charge in [0.25, 0.3) is 5.91 Å². The number of amides is 1. The zero-order valence-electron chi connectivity index (χ0n) is 15.1. The Bertz CT molecular complexity index is 1030. The molecule has 3 aromatic rings. The number of nitrogens with one attached hydrogen (secondary N) is 1. The molecule has 3 rings (SSSR count). The van der Waals surface area contributed by atoms with Crippen LogP contribution in [0, 0.1) is 24.1 Å². The molecule has 0 aromatic heterocycles. The monoisotopic (exact) mass is 388 g/mol. The van der Waals surface area contributed by atoms with Crippen LogP contribution in [-0.2, 0) is 4.79 Å². The van der Waals surface area contributed by atoms with E-state index in [4.69, 9.17) is 0 Å². The van der Waals surface area contributed by atoms with Crippen molar-refractivity contribution in [2.45, 2.75) is 16.7 Å². The van der Waals surface area contributed by atoms with Gasteiger partial charge in [-0.3, -0.25) is 4.79 Å². The van der Waals surface area contributed by atoms with Crippen LogP contribution in [0.4, 0.5) is 10.1 Å². The molecule has 0 aliphatic carbocycles. The lowest BCUT2D eigenvalue weighted by atomic mass is 10.1. The molecule has 0 fully saturated rings. The maximum Gasteiger partial charge on any atom is 0.266 e. The van der Waals surface area contributed by atoms with Crippen LogP contribution in [0.2, 0.25) is 0 Å². The number of hydrogen-bond donors (Lipinski definition) is 1. The Morgan fingerprint density at radius 1 is 0.964 bits per heavy atom. The zero-order valence-corrected chi connectivity index (χ0v) is 16.0. The van der Waals surface area contributed by atoms with Crippen molar-refractivity contribution in [1.29, 1.82) is 5.26 Å². The summed E-state index contributed by atoms with van der Waals surface area (Å²) in [5.74, 6) is -0.926. The standard InChI is InChI=1S/C23H17FN2OS/c1-16-2-10-21(11-3-16)28-22-12-4-17(5-13-22)14-18(15-25)23(27)26-20-8-6-19(24)7-9-20/h2-14H,1H3,(H,26,27)/b18-14-. The van der Waals surface area contributed by atoms with Crippen molar-refractivity contribution in [3.63, 3.8) is 0 Å². The van der Waals surface area contributed by atoms with Crippen LogP contribution in [0.5, 0.6) is 0 Å². The molecule has 0 spiro atoms. The first-order valence-corrected chi connectivity index (χ1v) is 9.38. The summed E-state index contributed by atoms with van der Waals surface area (Å²) in [7, 11) is 0. The molecular weight excluding hydrogens is 371 g/mol. The fourth-order valence-electron chi connectivity index (χ4n) is 2.42. The molecule has 0 aliphatic rings. The van der Waals surface area contributed by atoms with E-state index in [0.717, 1.165) is 15.4 Å². The molecule has 0 saturated carbocycles. The van der Waals surface area contributed by atoms with Gasteiger partial charge in [0.05, 0.1) is 0 Å². The highest BCUT2D eigenvalue weighted by Crippen LogP contribution is 2.28. The van der Waals surface area contributed by atoms with Gasteiger partial charge < -0.3 is 5.32 Å². The molecule has 5 heteroatoms. The van der Waals surface area contributed by atoms with Crippen LogP contribution >= 0.6 is 11.8 Å². The third kappa shape index (κ3) is 5.32. The molecule has 0 atom stereocenters. The maximum atomic E-state index is 12.9. The molecule has 0 radical (unpaired) electrons. The summed E-state index contributed by atoms with van der Waals surface area (Å²) in [5, 5.41) is 11.9. The zero-order chi connectivity index (χ0) is 19.9. The van der Waals surface area contributed by atoms with Crippen molar-refractivity contribution in [3.05, 3.63) is 95.3 Å². The molecule has 0 bridgehead atoms. The lowest BCUT2D eigenvalue weighted by Gasteiger charge is -2.05. The van der Waals surface area contributed by atoms with Gasteiger partial charge in [-0.2, -0.15) is 5.26 Å². The van der Waals surface area contributed by atoms with Crippen LogP contribution in [-0.4, -0.2) is 5.91 Å². The predicted molar refractivity (Wildman–Crippen MR) is 110 cm³/mol. The van der Waals surface area contributed by atoms with Gasteiger partial charge in [-0.05, 0) is 67.1 Å². The third-order valence-electron chi connectivity index (χ3n) is 3.91. The lowest BCUT2D eigenvalue weighted by molar-refractivity contribution is -0.112. The number of aryl methyl sites for hydroxylation is 1. The first kappa shape index (κ1) is 19.4. The number of carbonyl (C=O) groups excluding carboxylic acids is 1. The molecule has 0 aliphatic heterocycles. The van der Waals surface area contributed by atoms with E-state index in [1.807, 2.05) is 30.3 Å². The second-order valence-electron chi connectivity index (χ2n) is 6.11. The van der Waals surface area contributed by atoms with Gasteiger partial charge in [-0.15, -0.1) is 0 Å². The molecule has 0 saturated heterocycles. The summed E-state index contributed by atoms with van der Waals surface area (Å²) in [5.41, 5.74) is 2.37. The van der Waals surface area contributed by atoms with Gasteiger partial charge in [-0.25, -0.2) is 4.39 Å². The van der Waals surface area contributed by atoms with Gasteiger partial charge in [0.1, 0.15) is 17.5 Å². The number of nitriles is 1. The Labute approximate surface area is 167 Å². The van der Waals surface area contributed by atoms with E-state index in [9.17, 15) is 14.4 Å². The van der Waals surface area contributed by atoms with E-state index in [1.165, 1.54) is 35.9 Å². The van der Waals surface area contributed by atoms with E-state index < -0.39 is 11.7 Å². The Balaban J connectivity index is 1.69. The molecule has 28 heavy (non-hydrogen) atoms. The van der Waals surface area contributed by atoms with Gasteiger partial charge in [-0.1, -0.05) is 41.6 Å². The Morgan fingerprint density at radius 3 is 2.11 bits per heavy atom. The second-order valence-corrected chi connectivity index (χ2v) is 7.26. The SMILES string of the molecule is Cc1ccc(Sc2ccc(/C=C(/C#N)C(=O)Nc3ccc(F)cc3)cc2)cc1. The average molecular weight is 388 g/mol. The second kappa shape index (κ2) is 9.03. The first-order chi connectivity index (χ1) is 13.5. The van der Waals surface area contributed by atoms with Crippen LogP contribution in [0.3, 0.4) is 0 Å². The molecule has 1 N–H and O–H groups in total. The summed E-state index contributed by atoms with van der Waals surface area (Å²) < 4.78 is 12.9. The number of rotatable bonds is 5. The molecule has 0 heterocycles. The fraction of sp³-hybridized carbons (Fsp3) is 0.0435. The van der Waals surface area contributed by atoms with Crippen LogP contribution < -0.4 is 5.32 Å². The van der Waals surface area contributed by atoms with E-state index in [0.29, 0.717) is 5.69 Å². The number of halogens is 1. The Kier molecular flexibility index (Phi) is 6.25. The summed E-state index contributed by atoms with van der Waals surface area (Å²) in [6.45, 7) is 2.05. The lowest BCUT2D eigenvalue weighted by Crippen LogP contribution is -2.13. The van der Waals surface area contributed by atoms with Crippen molar-refractivity contribution < 1.29 is 9.18 Å². The smallest absolute Gasteiger partial charge is 0.266 e. The Hall–Kier alpha value is -3.36. The van der Waals surface area contributed by atoms with E-state index in [-0.39, 0.29) is 5.57 Å². The summed E-state index contributed by atoms with van der Waals surface area (Å²) >= 11 is 1.64. The molecule has 0 unspecified atom stereocenters. The minimum Gasteiger partial charge on any atom is -0.321 e. The highest BCUT2D eigenvalue weighted by molar-refractivity contribution is 7.99. The van der Waals surface area contributed by atoms with E-state index in [1.54, 1.807) is 11.8 Å². The highest BCUT2D eigenvalue weighted by atomic mass is 32.2. The van der Waals surface area contributed by atoms with Crippen molar-refractivity contribution in [3.8, 4) is 6.07 Å². The van der Waals surface area contributed by atoms with Crippen molar-refractivity contribution in [1.82, 2.24) is 0 Å². The normalized spacial score (nSPS) is 11.0. The fourth-order valence-corrected chi connectivity index (χ4v) is 3.24. The van der Waals surface area contributed by atoms with E-state index in [2.05, 4.69) is 36.5 Å². The minimum atomic E-state index is -0.535.